The Hall–Kier alpha value is 1.45. The van der Waals surface area contributed by atoms with E-state index in [1.165, 1.54) is 11.9 Å². The molecule has 1 rings (SSSR count). The summed E-state index contributed by atoms with van der Waals surface area (Å²) in [4.78, 5) is 10.2. The van der Waals surface area contributed by atoms with Crippen molar-refractivity contribution >= 4 is 89.1 Å². The molecule has 0 aromatic rings. The molecule has 10 heteroatoms. The minimum atomic E-state index is -5.17. The molecule has 0 saturated heterocycles. The molecule has 0 amide bonds. The minimum Gasteiger partial charge on any atom is -0.759 e. The Morgan fingerprint density at radius 2 is 2.00 bits per heavy atom. The third-order valence-corrected chi connectivity index (χ3v) is 2.27. The zero-order valence-electron chi connectivity index (χ0n) is 7.62. The van der Waals surface area contributed by atoms with E-state index in [0.29, 0.717) is 4.36 Å². The van der Waals surface area contributed by atoms with Gasteiger partial charge in [0.15, 0.2) is 0 Å². The van der Waals surface area contributed by atoms with Crippen molar-refractivity contribution < 1.29 is 22.3 Å². The van der Waals surface area contributed by atoms with Crippen LogP contribution in [0.5, 0.6) is 0 Å². The second kappa shape index (κ2) is 8.53. The molecule has 1 heterocycles. The number of halogens is 1. The first-order valence-corrected chi connectivity index (χ1v) is 5.62. The van der Waals surface area contributed by atoms with Crippen LogP contribution in [0.4, 0.5) is 0 Å². The van der Waals surface area contributed by atoms with Gasteiger partial charge in [-0.25, -0.2) is 4.31 Å². The van der Waals surface area contributed by atoms with Gasteiger partial charge in [-0.1, -0.05) is 11.6 Å². The van der Waals surface area contributed by atoms with E-state index in [-0.39, 0.29) is 54.9 Å². The van der Waals surface area contributed by atoms with E-state index in [4.69, 9.17) is 29.1 Å². The monoisotopic (exact) mass is 397 g/mol. The van der Waals surface area contributed by atoms with Crippen LogP contribution in [0.15, 0.2) is 10.4 Å². The van der Waals surface area contributed by atoms with Gasteiger partial charge in [-0.2, -0.15) is 0 Å². The molecule has 1 atom stereocenters. The molecule has 15 heavy (non-hydrogen) atoms. The molecular formula is C5H6BaClNO5S2. The van der Waals surface area contributed by atoms with Crippen molar-refractivity contribution in [3.05, 3.63) is 10.4 Å². The van der Waals surface area contributed by atoms with Gasteiger partial charge in [0.2, 0.25) is 0 Å². The molecule has 0 saturated carbocycles. The predicted octanol–water partition coefficient (Wildman–Crippen LogP) is -0.491. The van der Waals surface area contributed by atoms with Crippen molar-refractivity contribution in [1.29, 1.82) is 0 Å². The van der Waals surface area contributed by atoms with E-state index in [1.54, 1.807) is 10.4 Å². The van der Waals surface area contributed by atoms with E-state index >= 15 is 0 Å². The van der Waals surface area contributed by atoms with Crippen LogP contribution in [0.1, 0.15) is 0 Å². The van der Waals surface area contributed by atoms with Gasteiger partial charge in [0, 0.05) is 10.4 Å². The van der Waals surface area contributed by atoms with Gasteiger partial charge in [0.05, 0.1) is 10.4 Å². The molecule has 0 aromatic heterocycles. The summed E-state index contributed by atoms with van der Waals surface area (Å²) in [6.07, 6.45) is 2.58. The molecule has 1 unspecified atom stereocenters. The molecule has 82 valence electrons. The molecule has 0 aromatic carbocycles. The van der Waals surface area contributed by atoms with Crippen molar-refractivity contribution in [3.63, 3.8) is 0 Å². The van der Waals surface area contributed by atoms with Crippen molar-refractivity contribution in [1.82, 2.24) is 4.31 Å². The van der Waals surface area contributed by atoms with Gasteiger partial charge in [-0.05, 0) is 25.1 Å². The average Bonchev–Trinajstić information content (AvgIpc) is 2.25. The molecule has 0 radical (unpaired) electrons. The summed E-state index contributed by atoms with van der Waals surface area (Å²) < 4.78 is 36.6. The molecule has 6 nitrogen and oxygen atoms in total. The summed E-state index contributed by atoms with van der Waals surface area (Å²) in [5.74, 6) is 0. The Kier molecular flexibility index (Phi) is 10.7. The molecule has 1 aliphatic heterocycles. The Labute approximate surface area is 137 Å². The number of aldehydes is 1. The molecular weight excluding hydrogens is 391 g/mol. The zero-order chi connectivity index (χ0) is 11.4. The SMILES string of the molecule is CN1SC(Cl)=CC1C=O.O=S(=O)([O-])[O-].[Ba+2]. The molecule has 0 bridgehead atoms. The topological polar surface area (TPSA) is 101 Å². The summed E-state index contributed by atoms with van der Waals surface area (Å²) in [6, 6.07) is -0.137. The quantitative estimate of drug-likeness (QED) is 0.194. The van der Waals surface area contributed by atoms with Crippen LogP contribution >= 0.6 is 23.5 Å². The number of hydrogen-bond acceptors (Lipinski definition) is 7. The number of carbonyl (C=O) groups excluding carboxylic acids is 1. The summed E-state index contributed by atoms with van der Waals surface area (Å²) in [7, 11) is -3.34. The third-order valence-electron chi connectivity index (χ3n) is 1.09. The molecule has 1 aliphatic rings. The van der Waals surface area contributed by atoms with Gasteiger partial charge in [0.1, 0.15) is 6.29 Å². The van der Waals surface area contributed by atoms with Gasteiger partial charge >= 0.3 is 48.9 Å². The van der Waals surface area contributed by atoms with Gasteiger partial charge in [-0.15, -0.1) is 0 Å². The van der Waals surface area contributed by atoms with Crippen LogP contribution in [0.2, 0.25) is 0 Å². The van der Waals surface area contributed by atoms with Gasteiger partial charge in [-0.3, -0.25) is 8.42 Å². The van der Waals surface area contributed by atoms with Crippen LogP contribution in [0.25, 0.3) is 0 Å². The Balaban J connectivity index is 0. The second-order valence-electron chi connectivity index (χ2n) is 2.14. The number of nitrogens with zero attached hydrogens (tertiary/aromatic N) is 1. The number of carbonyl (C=O) groups is 1. The number of likely N-dealkylation sites (N-methyl/N-ethyl adjacent to an activating group) is 1. The molecule has 0 spiro atoms. The first-order chi connectivity index (χ1) is 6.24. The fourth-order valence-electron chi connectivity index (χ4n) is 0.593. The van der Waals surface area contributed by atoms with Gasteiger partial charge < -0.3 is 13.9 Å². The largest absolute Gasteiger partial charge is 2.00 e. The fraction of sp³-hybridized carbons (Fsp3) is 0.400. The summed E-state index contributed by atoms with van der Waals surface area (Å²) >= 11 is 6.99. The van der Waals surface area contributed by atoms with Crippen LogP contribution in [-0.2, 0) is 15.2 Å². The molecule has 0 aliphatic carbocycles. The van der Waals surface area contributed by atoms with Crippen molar-refractivity contribution in [2.45, 2.75) is 6.04 Å². The number of rotatable bonds is 1. The van der Waals surface area contributed by atoms with Crippen LogP contribution < -0.4 is 0 Å². The first kappa shape index (κ1) is 18.8. The molecule has 0 N–H and O–H groups in total. The predicted molar refractivity (Wildman–Crippen MR) is 55.4 cm³/mol. The minimum absolute atomic E-state index is 0. The molecule has 0 fully saturated rings. The summed E-state index contributed by atoms with van der Waals surface area (Å²) in [6.45, 7) is 0. The fourth-order valence-corrected chi connectivity index (χ4v) is 1.76. The van der Waals surface area contributed by atoms with Crippen LogP contribution in [-0.4, -0.2) is 90.1 Å². The summed E-state index contributed by atoms with van der Waals surface area (Å²) in [5, 5.41) is 0. The first-order valence-electron chi connectivity index (χ1n) is 3.14. The normalized spacial score (nSPS) is 20.8. The van der Waals surface area contributed by atoms with Crippen LogP contribution in [0, 0.1) is 0 Å². The Bertz CT molecular complexity index is 324. The van der Waals surface area contributed by atoms with Crippen molar-refractivity contribution in [3.8, 4) is 0 Å². The third kappa shape index (κ3) is 11.7. The summed E-state index contributed by atoms with van der Waals surface area (Å²) in [5.41, 5.74) is 0. The van der Waals surface area contributed by atoms with Crippen LogP contribution in [0.3, 0.4) is 0 Å². The van der Waals surface area contributed by atoms with Crippen molar-refractivity contribution in [2.75, 3.05) is 7.05 Å². The zero-order valence-corrected chi connectivity index (χ0v) is 14.5. The van der Waals surface area contributed by atoms with Crippen molar-refractivity contribution in [2.24, 2.45) is 0 Å². The van der Waals surface area contributed by atoms with E-state index < -0.39 is 10.4 Å². The smallest absolute Gasteiger partial charge is 0.759 e. The second-order valence-corrected chi connectivity index (χ2v) is 4.79. The number of hydrogen-bond donors (Lipinski definition) is 0. The standard InChI is InChI=1S/C5H6ClNOS.Ba.H2O4S/c1-7-4(3-8)2-5(6)9-7;;1-5(2,3)4/h2-4H,1H3;;(H2,1,2,3,4)/q;+2;/p-2. The van der Waals surface area contributed by atoms with E-state index in [2.05, 4.69) is 0 Å². The maximum atomic E-state index is 10.2. The van der Waals surface area contributed by atoms with E-state index in [0.717, 1.165) is 6.29 Å². The average molecular weight is 397 g/mol. The maximum absolute atomic E-state index is 10.2. The van der Waals surface area contributed by atoms with E-state index in [1.807, 2.05) is 7.05 Å². The maximum Gasteiger partial charge on any atom is 2.00 e. The Morgan fingerprint density at radius 3 is 2.13 bits per heavy atom. The van der Waals surface area contributed by atoms with Gasteiger partial charge in [0.25, 0.3) is 0 Å². The Morgan fingerprint density at radius 1 is 1.60 bits per heavy atom. The van der Waals surface area contributed by atoms with E-state index in [9.17, 15) is 4.79 Å².